The van der Waals surface area contributed by atoms with Crippen LogP contribution in [0.25, 0.3) is 22.3 Å². The van der Waals surface area contributed by atoms with Gasteiger partial charge in [0, 0.05) is 75.7 Å². The monoisotopic (exact) mass is 891 g/mol. The van der Waals surface area contributed by atoms with Crippen molar-refractivity contribution in [2.75, 3.05) is 47.8 Å². The molecular formula is C43H46FN13O6S. The molecule has 0 spiro atoms. The summed E-state index contributed by atoms with van der Waals surface area (Å²) in [5.74, 6) is -0.293. The van der Waals surface area contributed by atoms with E-state index in [-0.39, 0.29) is 47.3 Å². The van der Waals surface area contributed by atoms with Gasteiger partial charge in [-0.05, 0) is 76.5 Å². The third-order valence-corrected chi connectivity index (χ3v) is 15.6. The maximum atomic E-state index is 15.7. The van der Waals surface area contributed by atoms with E-state index < -0.39 is 45.5 Å². The van der Waals surface area contributed by atoms with E-state index in [9.17, 15) is 27.6 Å². The number of likely N-dealkylation sites (tertiary alicyclic amines) is 1. The van der Waals surface area contributed by atoms with Crippen LogP contribution in [0.1, 0.15) is 85.6 Å². The van der Waals surface area contributed by atoms with Gasteiger partial charge in [0.25, 0.3) is 21.8 Å². The van der Waals surface area contributed by atoms with Crippen molar-refractivity contribution in [1.82, 2.24) is 49.0 Å². The molecule has 19 nitrogen and oxygen atoms in total. The van der Waals surface area contributed by atoms with Crippen molar-refractivity contribution in [3.63, 3.8) is 0 Å². The van der Waals surface area contributed by atoms with Crippen LogP contribution in [0.4, 0.5) is 27.5 Å². The Morgan fingerprint density at radius 3 is 2.42 bits per heavy atom. The van der Waals surface area contributed by atoms with Crippen LogP contribution in [-0.2, 0) is 19.6 Å². The second kappa shape index (κ2) is 15.1. The number of fused-ring (bicyclic) bond motifs is 4. The molecule has 5 aromatic rings. The van der Waals surface area contributed by atoms with E-state index in [1.807, 2.05) is 21.8 Å². The topological polar surface area (TPSA) is 214 Å². The van der Waals surface area contributed by atoms with Crippen LogP contribution in [0.3, 0.4) is 0 Å². The van der Waals surface area contributed by atoms with Crippen LogP contribution in [0.15, 0.2) is 49.1 Å². The Morgan fingerprint density at radius 1 is 0.922 bits per heavy atom. The van der Waals surface area contributed by atoms with Crippen LogP contribution in [0, 0.1) is 11.7 Å². The summed E-state index contributed by atoms with van der Waals surface area (Å²) >= 11 is 0. The summed E-state index contributed by atoms with van der Waals surface area (Å²) < 4.78 is 44.1. The van der Waals surface area contributed by atoms with Gasteiger partial charge in [-0.15, -0.1) is 0 Å². The molecule has 4 amide bonds. The highest BCUT2D eigenvalue weighted by molar-refractivity contribution is 7.90. The summed E-state index contributed by atoms with van der Waals surface area (Å²) in [4.78, 5) is 72.4. The number of aromatic nitrogens is 7. The lowest BCUT2D eigenvalue weighted by atomic mass is 9.95. The Hall–Kier alpha value is -6.35. The van der Waals surface area contributed by atoms with Gasteiger partial charge < -0.3 is 15.1 Å². The highest BCUT2D eigenvalue weighted by Gasteiger charge is 2.48. The number of carbonyl (C=O) groups excluding carboxylic acids is 4. The first kappa shape index (κ1) is 40.4. The smallest absolute Gasteiger partial charge is 0.262 e. The van der Waals surface area contributed by atoms with Gasteiger partial charge in [-0.25, -0.2) is 27.8 Å². The van der Waals surface area contributed by atoms with Crippen molar-refractivity contribution in [2.45, 2.75) is 88.2 Å². The Bertz CT molecular complexity index is 2890. The van der Waals surface area contributed by atoms with Crippen LogP contribution in [0.2, 0.25) is 0 Å². The number of piperazine rings is 1. The minimum atomic E-state index is -3.51. The van der Waals surface area contributed by atoms with Crippen LogP contribution < -0.4 is 20.4 Å². The molecule has 4 aromatic heterocycles. The molecule has 3 atom stereocenters. The van der Waals surface area contributed by atoms with Gasteiger partial charge in [0.15, 0.2) is 11.6 Å². The number of piperidine rings is 2. The fraction of sp³-hybridized carbons (Fsp3) is 0.465. The molecule has 0 radical (unpaired) electrons. The molecule has 4 saturated heterocycles. The van der Waals surface area contributed by atoms with E-state index in [4.69, 9.17) is 10.1 Å². The average molecular weight is 892 g/mol. The third-order valence-electron chi connectivity index (χ3n) is 13.6. The summed E-state index contributed by atoms with van der Waals surface area (Å²) in [5, 5.41) is 15.2. The fourth-order valence-corrected chi connectivity index (χ4v) is 11.6. The molecule has 1 aliphatic carbocycles. The van der Waals surface area contributed by atoms with Crippen LogP contribution >= 0.6 is 0 Å². The molecule has 3 unspecified atom stereocenters. The minimum Gasteiger partial charge on any atom is -0.363 e. The second-order valence-corrected chi connectivity index (χ2v) is 20.1. The van der Waals surface area contributed by atoms with Gasteiger partial charge in [-0.1, -0.05) is 0 Å². The molecule has 21 heteroatoms. The number of carbonyl (C=O) groups is 4. The summed E-state index contributed by atoms with van der Waals surface area (Å²) in [5.41, 5.74) is 1.75. The normalized spacial score (nSPS) is 23.0. The van der Waals surface area contributed by atoms with Crippen LogP contribution in [0.5, 0.6) is 0 Å². The van der Waals surface area contributed by atoms with Crippen molar-refractivity contribution >= 4 is 67.7 Å². The Morgan fingerprint density at radius 2 is 1.70 bits per heavy atom. The number of hydrogen-bond donors (Lipinski definition) is 2. The fourth-order valence-electron chi connectivity index (χ4n) is 10.1. The predicted molar refractivity (Wildman–Crippen MR) is 231 cm³/mol. The first-order chi connectivity index (χ1) is 30.8. The van der Waals surface area contributed by atoms with Crippen molar-refractivity contribution in [3.05, 3.63) is 66.0 Å². The molecule has 1 saturated carbocycles. The van der Waals surface area contributed by atoms with Crippen molar-refractivity contribution < 1.29 is 32.0 Å². The van der Waals surface area contributed by atoms with Crippen molar-refractivity contribution in [2.24, 2.45) is 5.92 Å². The number of nitrogens with zero attached hydrogens (tertiary/aromatic N) is 11. The third kappa shape index (κ3) is 6.86. The SMILES string of the molecule is CC(C)n1nc(N2CCC(CN3CC4CC3CN4c3cc4c(cc3F)C(=O)N(C3CCC(=O)NC3=O)C4=O)CC2)c2cnc(Nc3ccnc(-c4cnn(S(=O)(=O)C5CC5)c4)n3)cc21. The number of amides is 4. The molecule has 6 aliphatic rings. The molecule has 1 aromatic carbocycles. The molecule has 9 heterocycles. The van der Waals surface area contributed by atoms with E-state index in [1.165, 1.54) is 18.5 Å². The number of hydrogen-bond acceptors (Lipinski definition) is 15. The standard InChI is InChI=1S/C43H46FN13O6S/c1-23(2)57-34-16-37(48-36-7-10-45-39(49-36)25-17-47-55(20-25)64(62,63)28-3-4-28)46-18-31(34)40(51-57)52-11-8-24(9-12-52)19-53-21-27-13-26(53)22-54(27)35-15-30-29(14-32(35)44)42(60)56(43(30)61)33-5-6-38(58)50-41(33)59/h7,10,14-18,20,23-24,26-28,33H,3-6,8-9,11-13,19,21-22H2,1-2H3,(H,50,58,59)(H,45,46,48,49). The van der Waals surface area contributed by atoms with Gasteiger partial charge in [0.05, 0.1) is 50.9 Å². The van der Waals surface area contributed by atoms with E-state index in [0.29, 0.717) is 54.0 Å². The number of imide groups is 2. The highest BCUT2D eigenvalue weighted by atomic mass is 32.2. The molecule has 332 valence electrons. The summed E-state index contributed by atoms with van der Waals surface area (Å²) in [7, 11) is -3.51. The van der Waals surface area contributed by atoms with Crippen molar-refractivity contribution in [1.29, 1.82) is 0 Å². The summed E-state index contributed by atoms with van der Waals surface area (Å²) in [6, 6.07) is 5.56. The summed E-state index contributed by atoms with van der Waals surface area (Å²) in [6.45, 7) is 8.19. The highest BCUT2D eigenvalue weighted by Crippen LogP contribution is 2.40. The first-order valence-corrected chi connectivity index (χ1v) is 23.4. The second-order valence-electron chi connectivity index (χ2n) is 18.1. The zero-order valence-electron chi connectivity index (χ0n) is 35.2. The molecule has 2 N–H and O–H groups in total. The Balaban J connectivity index is 0.724. The van der Waals surface area contributed by atoms with E-state index in [0.717, 1.165) is 77.2 Å². The molecule has 64 heavy (non-hydrogen) atoms. The number of nitrogens with one attached hydrogen (secondary N) is 2. The molecule has 5 fully saturated rings. The number of pyridine rings is 1. The lowest BCUT2D eigenvalue weighted by Crippen LogP contribution is -2.54. The van der Waals surface area contributed by atoms with Gasteiger partial charge in [0.2, 0.25) is 11.8 Å². The van der Waals surface area contributed by atoms with Gasteiger partial charge in [-0.3, -0.25) is 39.0 Å². The van der Waals surface area contributed by atoms with Crippen molar-refractivity contribution in [3.8, 4) is 11.4 Å². The largest absolute Gasteiger partial charge is 0.363 e. The molecular weight excluding hydrogens is 846 g/mol. The summed E-state index contributed by atoms with van der Waals surface area (Å²) in [6.07, 6.45) is 10.6. The molecule has 11 rings (SSSR count). The average Bonchev–Trinajstić information content (AvgIpc) is 3.54. The van der Waals surface area contributed by atoms with E-state index in [2.05, 4.69) is 49.3 Å². The minimum absolute atomic E-state index is 0.0139. The number of benzene rings is 1. The lowest BCUT2D eigenvalue weighted by Gasteiger charge is -2.39. The molecule has 2 bridgehead atoms. The number of rotatable bonds is 11. The quantitative estimate of drug-likeness (QED) is 0.182. The Kier molecular flexibility index (Phi) is 9.56. The lowest BCUT2D eigenvalue weighted by molar-refractivity contribution is -0.136. The van der Waals surface area contributed by atoms with Gasteiger partial charge in [-0.2, -0.15) is 14.3 Å². The van der Waals surface area contributed by atoms with E-state index >= 15 is 4.39 Å². The molecule has 5 aliphatic heterocycles. The number of halogens is 1. The van der Waals surface area contributed by atoms with Crippen LogP contribution in [-0.4, -0.2) is 132 Å². The maximum absolute atomic E-state index is 15.7. The van der Waals surface area contributed by atoms with Gasteiger partial charge in [0.1, 0.15) is 23.5 Å². The first-order valence-electron chi connectivity index (χ1n) is 21.9. The zero-order chi connectivity index (χ0) is 44.2. The Labute approximate surface area is 367 Å². The predicted octanol–water partition coefficient (Wildman–Crippen LogP) is 3.47. The zero-order valence-corrected chi connectivity index (χ0v) is 36.0. The maximum Gasteiger partial charge on any atom is 0.262 e. The van der Waals surface area contributed by atoms with Gasteiger partial charge >= 0.3 is 0 Å². The number of anilines is 4. The van der Waals surface area contributed by atoms with E-state index in [1.54, 1.807) is 12.3 Å².